The van der Waals surface area contributed by atoms with Gasteiger partial charge in [0.05, 0.1) is 24.4 Å². The van der Waals surface area contributed by atoms with Crippen molar-refractivity contribution in [3.05, 3.63) is 60.4 Å². The van der Waals surface area contributed by atoms with E-state index in [0.717, 1.165) is 28.1 Å². The fourth-order valence-corrected chi connectivity index (χ4v) is 2.65. The molecule has 0 amide bonds. The molecule has 7 heteroatoms. The topological polar surface area (TPSA) is 85.1 Å². The Kier molecular flexibility index (Phi) is 3.89. The second kappa shape index (κ2) is 6.36. The average molecular weight is 347 g/mol. The second-order valence-corrected chi connectivity index (χ2v) is 5.85. The van der Waals surface area contributed by atoms with Gasteiger partial charge < -0.3 is 15.2 Å². The first kappa shape index (κ1) is 15.9. The molecule has 2 heterocycles. The molecule has 4 aromatic rings. The van der Waals surface area contributed by atoms with Gasteiger partial charge in [0.1, 0.15) is 11.5 Å². The first-order chi connectivity index (χ1) is 12.6. The van der Waals surface area contributed by atoms with Crippen LogP contribution in [-0.4, -0.2) is 32.0 Å². The third kappa shape index (κ3) is 2.90. The summed E-state index contributed by atoms with van der Waals surface area (Å²) in [5, 5.41) is 18.0. The summed E-state index contributed by atoms with van der Waals surface area (Å²) < 4.78 is 6.95. The van der Waals surface area contributed by atoms with Gasteiger partial charge in [0.15, 0.2) is 5.65 Å². The molecule has 0 bridgehead atoms. The summed E-state index contributed by atoms with van der Waals surface area (Å²) in [6, 6.07) is 12.8. The van der Waals surface area contributed by atoms with E-state index in [0.29, 0.717) is 11.6 Å². The number of nitrogens with one attached hydrogen (secondary N) is 1. The third-order valence-corrected chi connectivity index (χ3v) is 4.08. The summed E-state index contributed by atoms with van der Waals surface area (Å²) in [6.45, 7) is 1.84. The second-order valence-electron chi connectivity index (χ2n) is 5.85. The number of rotatable bonds is 4. The van der Waals surface area contributed by atoms with E-state index in [1.54, 1.807) is 36.3 Å². The number of aromatic hydroxyl groups is 1. The molecule has 4 rings (SSSR count). The number of aryl methyl sites for hydroxylation is 1. The van der Waals surface area contributed by atoms with Crippen molar-refractivity contribution in [2.24, 2.45) is 0 Å². The zero-order chi connectivity index (χ0) is 18.1. The molecule has 0 saturated heterocycles. The largest absolute Gasteiger partial charge is 0.508 e. The van der Waals surface area contributed by atoms with Crippen LogP contribution in [0.1, 0.15) is 5.56 Å². The average Bonchev–Trinajstić information content (AvgIpc) is 3.08. The van der Waals surface area contributed by atoms with Crippen molar-refractivity contribution in [1.82, 2.24) is 19.7 Å². The van der Waals surface area contributed by atoms with Crippen molar-refractivity contribution < 1.29 is 9.84 Å². The fourth-order valence-electron chi connectivity index (χ4n) is 2.65. The van der Waals surface area contributed by atoms with Crippen molar-refractivity contribution in [3.8, 4) is 17.2 Å². The molecule has 0 saturated carbocycles. The maximum Gasteiger partial charge on any atom is 0.229 e. The fraction of sp³-hybridized carbons (Fsp3) is 0.105. The van der Waals surface area contributed by atoms with Crippen LogP contribution in [0.5, 0.6) is 11.5 Å². The van der Waals surface area contributed by atoms with Crippen LogP contribution in [0.3, 0.4) is 0 Å². The Labute approximate surface area is 149 Å². The number of methoxy groups -OCH3 is 1. The molecule has 26 heavy (non-hydrogen) atoms. The normalized spacial score (nSPS) is 10.8. The van der Waals surface area contributed by atoms with Crippen LogP contribution in [-0.2, 0) is 0 Å². The Bertz CT molecular complexity index is 1070. The minimum Gasteiger partial charge on any atom is -0.508 e. The van der Waals surface area contributed by atoms with Gasteiger partial charge in [0, 0.05) is 11.9 Å². The number of phenolic OH excluding ortho intramolecular Hbond substituents is 1. The Morgan fingerprint density at radius 1 is 1.08 bits per heavy atom. The SMILES string of the molecule is COc1ccc(-n2ncc3cnc(Nc4ccc(O)c(C)c4)nc32)cc1. The van der Waals surface area contributed by atoms with Crippen LogP contribution in [0.4, 0.5) is 11.6 Å². The van der Waals surface area contributed by atoms with E-state index in [9.17, 15) is 5.11 Å². The lowest BCUT2D eigenvalue weighted by Gasteiger charge is -2.08. The van der Waals surface area contributed by atoms with Gasteiger partial charge in [0.25, 0.3) is 0 Å². The van der Waals surface area contributed by atoms with Gasteiger partial charge in [-0.15, -0.1) is 0 Å². The number of aromatic nitrogens is 4. The number of phenols is 1. The summed E-state index contributed by atoms with van der Waals surface area (Å²) in [4.78, 5) is 8.92. The lowest BCUT2D eigenvalue weighted by Crippen LogP contribution is -2.01. The molecule has 0 atom stereocenters. The van der Waals surface area contributed by atoms with Crippen molar-refractivity contribution >= 4 is 22.7 Å². The summed E-state index contributed by atoms with van der Waals surface area (Å²) in [5.41, 5.74) is 3.16. The van der Waals surface area contributed by atoms with Gasteiger partial charge in [-0.1, -0.05) is 0 Å². The summed E-state index contributed by atoms with van der Waals surface area (Å²) in [5.74, 6) is 1.49. The first-order valence-electron chi connectivity index (χ1n) is 8.06. The van der Waals surface area contributed by atoms with E-state index in [1.165, 1.54) is 0 Å². The highest BCUT2D eigenvalue weighted by Crippen LogP contribution is 2.24. The standard InChI is InChI=1S/C19H17N5O2/c1-12-9-14(3-8-17(12)25)22-19-20-10-13-11-21-24(18(13)23-19)15-4-6-16(26-2)7-5-15/h3-11,25H,1-2H3,(H,20,22,23). The quantitative estimate of drug-likeness (QED) is 0.549. The molecule has 2 aromatic heterocycles. The van der Waals surface area contributed by atoms with Crippen LogP contribution in [0.2, 0.25) is 0 Å². The number of ether oxygens (including phenoxy) is 1. The molecule has 2 aromatic carbocycles. The van der Waals surface area contributed by atoms with Gasteiger partial charge in [0.2, 0.25) is 5.95 Å². The van der Waals surface area contributed by atoms with E-state index in [4.69, 9.17) is 4.74 Å². The van der Waals surface area contributed by atoms with Crippen molar-refractivity contribution in [1.29, 1.82) is 0 Å². The summed E-state index contributed by atoms with van der Waals surface area (Å²) >= 11 is 0. The minimum absolute atomic E-state index is 0.254. The zero-order valence-electron chi connectivity index (χ0n) is 14.3. The molecular weight excluding hydrogens is 330 g/mol. The van der Waals surface area contributed by atoms with Crippen molar-refractivity contribution in [3.63, 3.8) is 0 Å². The Hall–Kier alpha value is -3.61. The van der Waals surface area contributed by atoms with E-state index < -0.39 is 0 Å². The van der Waals surface area contributed by atoms with Crippen LogP contribution >= 0.6 is 0 Å². The molecule has 2 N–H and O–H groups in total. The van der Waals surface area contributed by atoms with E-state index in [1.807, 2.05) is 37.3 Å². The highest BCUT2D eigenvalue weighted by Gasteiger charge is 2.09. The number of anilines is 2. The monoisotopic (exact) mass is 347 g/mol. The highest BCUT2D eigenvalue weighted by atomic mass is 16.5. The van der Waals surface area contributed by atoms with E-state index in [2.05, 4.69) is 20.4 Å². The molecular formula is C19H17N5O2. The van der Waals surface area contributed by atoms with Gasteiger partial charge in [-0.25, -0.2) is 9.67 Å². The van der Waals surface area contributed by atoms with E-state index >= 15 is 0 Å². The van der Waals surface area contributed by atoms with Gasteiger partial charge >= 0.3 is 0 Å². The van der Waals surface area contributed by atoms with Gasteiger partial charge in [-0.3, -0.25) is 0 Å². The molecule has 0 aliphatic heterocycles. The Morgan fingerprint density at radius 3 is 2.62 bits per heavy atom. The molecule has 0 fully saturated rings. The maximum atomic E-state index is 9.64. The lowest BCUT2D eigenvalue weighted by molar-refractivity contribution is 0.414. The predicted octanol–water partition coefficient (Wildman–Crippen LogP) is 3.58. The molecule has 0 aliphatic rings. The lowest BCUT2D eigenvalue weighted by atomic mass is 10.2. The first-order valence-corrected chi connectivity index (χ1v) is 8.06. The smallest absolute Gasteiger partial charge is 0.229 e. The Morgan fingerprint density at radius 2 is 1.88 bits per heavy atom. The van der Waals surface area contributed by atoms with Crippen LogP contribution in [0.25, 0.3) is 16.7 Å². The van der Waals surface area contributed by atoms with Crippen molar-refractivity contribution in [2.45, 2.75) is 6.92 Å². The van der Waals surface area contributed by atoms with Crippen LogP contribution in [0.15, 0.2) is 54.9 Å². The summed E-state index contributed by atoms with van der Waals surface area (Å²) in [7, 11) is 1.63. The summed E-state index contributed by atoms with van der Waals surface area (Å²) in [6.07, 6.45) is 3.46. The minimum atomic E-state index is 0.254. The number of fused-ring (bicyclic) bond motifs is 1. The number of nitrogens with zero attached hydrogens (tertiary/aromatic N) is 4. The van der Waals surface area contributed by atoms with Gasteiger partial charge in [-0.2, -0.15) is 10.1 Å². The highest BCUT2D eigenvalue weighted by molar-refractivity contribution is 5.77. The molecule has 130 valence electrons. The van der Waals surface area contributed by atoms with E-state index in [-0.39, 0.29) is 5.75 Å². The molecule has 0 aliphatic carbocycles. The number of benzene rings is 2. The molecule has 0 radical (unpaired) electrons. The zero-order valence-corrected chi connectivity index (χ0v) is 14.3. The number of hydrogen-bond acceptors (Lipinski definition) is 6. The van der Waals surface area contributed by atoms with Gasteiger partial charge in [-0.05, 0) is 55.0 Å². The molecule has 0 unspecified atom stereocenters. The van der Waals surface area contributed by atoms with Crippen LogP contribution < -0.4 is 10.1 Å². The van der Waals surface area contributed by atoms with Crippen LogP contribution in [0, 0.1) is 6.92 Å². The molecule has 0 spiro atoms. The third-order valence-electron chi connectivity index (χ3n) is 4.08. The number of hydrogen-bond donors (Lipinski definition) is 2. The maximum absolute atomic E-state index is 9.64. The predicted molar refractivity (Wildman–Crippen MR) is 99.3 cm³/mol. The Balaban J connectivity index is 1.70. The van der Waals surface area contributed by atoms with Crippen molar-refractivity contribution in [2.75, 3.05) is 12.4 Å². The molecule has 7 nitrogen and oxygen atoms in total.